The standard InChI is InChI=1S/C25H29NO6S.C10H14.C2H6/c1-28-12-18-15(11-27)5-14-6-19-20(30-13-29-19)7-17(14)24(18)32-23-8-21(26)25(10-22(25)31-23)9-16-3-2-4-33-16;1-4-10-7-5-6-8(2)9(10)3;1-2/h2-4,6-7,11,15,18,21-24H,5,8-10,12-13,26H2,1H3;5-7H,4H2,1-3H3;1-2H3. The molecule has 45 heavy (non-hydrogen) atoms. The lowest BCUT2D eigenvalue weighted by atomic mass is 9.74. The van der Waals surface area contributed by atoms with Gasteiger partial charge >= 0.3 is 0 Å². The average Bonchev–Trinajstić information content (AvgIpc) is 3.34. The Morgan fingerprint density at radius 1 is 1.11 bits per heavy atom. The molecule has 3 aromatic rings. The molecule has 7 nitrogen and oxygen atoms in total. The molecule has 2 fully saturated rings. The molecule has 2 aliphatic heterocycles. The quantitative estimate of drug-likeness (QED) is 0.263. The van der Waals surface area contributed by atoms with Crippen LogP contribution in [0.5, 0.6) is 11.5 Å². The van der Waals surface area contributed by atoms with Gasteiger partial charge in [-0.25, -0.2) is 0 Å². The first kappa shape index (κ1) is 33.6. The number of carbonyl (C=O) groups is 1. The number of methoxy groups -OCH3 is 1. The van der Waals surface area contributed by atoms with E-state index in [9.17, 15) is 4.79 Å². The number of fused-ring (bicyclic) bond motifs is 3. The van der Waals surface area contributed by atoms with Crippen LogP contribution in [0.4, 0.5) is 0 Å². The minimum Gasteiger partial charge on any atom is -0.454 e. The molecule has 7 unspecified atom stereocenters. The van der Waals surface area contributed by atoms with Crippen LogP contribution in [-0.4, -0.2) is 45.2 Å². The highest BCUT2D eigenvalue weighted by atomic mass is 32.1. The zero-order valence-corrected chi connectivity index (χ0v) is 28.4. The fourth-order valence-electron chi connectivity index (χ4n) is 7.07. The van der Waals surface area contributed by atoms with Crippen molar-refractivity contribution in [1.29, 1.82) is 0 Å². The third-order valence-corrected chi connectivity index (χ3v) is 10.8. The highest BCUT2D eigenvalue weighted by Crippen LogP contribution is 2.58. The van der Waals surface area contributed by atoms with Gasteiger partial charge in [-0.3, -0.25) is 0 Å². The molecule has 2 aliphatic carbocycles. The normalized spacial score (nSPS) is 28.9. The first-order chi connectivity index (χ1) is 21.9. The van der Waals surface area contributed by atoms with Crippen LogP contribution in [0.25, 0.3) is 0 Å². The van der Waals surface area contributed by atoms with Gasteiger partial charge in [0.2, 0.25) is 6.79 Å². The zero-order valence-electron chi connectivity index (χ0n) is 27.5. The Hall–Kier alpha value is -2.75. The number of carbonyl (C=O) groups excluding carboxylic acids is 1. The number of rotatable bonds is 8. The molecule has 0 bridgehead atoms. The molecular formula is C37H49NO6S. The molecule has 1 saturated carbocycles. The van der Waals surface area contributed by atoms with Gasteiger partial charge in [0.1, 0.15) is 6.29 Å². The summed E-state index contributed by atoms with van der Waals surface area (Å²) in [6.07, 6.45) is 4.68. The summed E-state index contributed by atoms with van der Waals surface area (Å²) in [4.78, 5) is 13.4. The van der Waals surface area contributed by atoms with Crippen molar-refractivity contribution in [3.05, 3.63) is 80.5 Å². The molecule has 2 N–H and O–H groups in total. The van der Waals surface area contributed by atoms with Gasteiger partial charge in [0.05, 0.1) is 18.8 Å². The number of hydrogen-bond acceptors (Lipinski definition) is 8. The van der Waals surface area contributed by atoms with Crippen molar-refractivity contribution in [1.82, 2.24) is 0 Å². The molecule has 0 radical (unpaired) electrons. The predicted molar refractivity (Wildman–Crippen MR) is 178 cm³/mol. The summed E-state index contributed by atoms with van der Waals surface area (Å²) in [7, 11) is 1.66. The molecule has 1 saturated heterocycles. The fourth-order valence-corrected chi connectivity index (χ4v) is 7.91. The van der Waals surface area contributed by atoms with E-state index in [1.54, 1.807) is 18.4 Å². The van der Waals surface area contributed by atoms with E-state index >= 15 is 0 Å². The number of aldehydes is 1. The fraction of sp³-hybridized carbons (Fsp3) is 0.541. The molecule has 7 rings (SSSR count). The maximum absolute atomic E-state index is 12.0. The van der Waals surface area contributed by atoms with E-state index < -0.39 is 6.29 Å². The van der Waals surface area contributed by atoms with Crippen LogP contribution in [0.2, 0.25) is 0 Å². The molecule has 7 atom stereocenters. The van der Waals surface area contributed by atoms with Crippen LogP contribution in [0, 0.1) is 31.1 Å². The average molecular weight is 636 g/mol. The van der Waals surface area contributed by atoms with Crippen LogP contribution in [-0.2, 0) is 38.3 Å². The third-order valence-electron chi connectivity index (χ3n) is 9.90. The molecule has 1 aromatic heterocycles. The Balaban J connectivity index is 0.000000284. The Morgan fingerprint density at radius 2 is 1.89 bits per heavy atom. The van der Waals surface area contributed by atoms with Crippen molar-refractivity contribution in [2.45, 2.75) is 91.3 Å². The zero-order chi connectivity index (χ0) is 32.1. The number of aryl methyl sites for hydroxylation is 2. The van der Waals surface area contributed by atoms with E-state index in [4.69, 9.17) is 29.4 Å². The van der Waals surface area contributed by atoms with E-state index in [1.807, 2.05) is 26.0 Å². The lowest BCUT2D eigenvalue weighted by molar-refractivity contribution is -0.224. The Kier molecular flexibility index (Phi) is 11.0. The second-order valence-corrected chi connectivity index (χ2v) is 13.4. The SMILES string of the molecule is CC.CCc1cccc(C)c1C.COCC1C(C=O)Cc2cc3c(cc2C1OC1CC(N)C2(Cc4cccs4)CC2O1)OCO3. The molecular weight excluding hydrogens is 586 g/mol. The number of nitrogens with two attached hydrogens (primary N) is 1. The monoisotopic (exact) mass is 635 g/mol. The Labute approximate surface area is 272 Å². The summed E-state index contributed by atoms with van der Waals surface area (Å²) in [5, 5.41) is 2.11. The first-order valence-electron chi connectivity index (χ1n) is 16.4. The number of thiophene rings is 1. The summed E-state index contributed by atoms with van der Waals surface area (Å²) in [5.41, 5.74) is 13.1. The van der Waals surface area contributed by atoms with Crippen molar-refractivity contribution in [3.8, 4) is 11.5 Å². The highest BCUT2D eigenvalue weighted by molar-refractivity contribution is 7.09. The van der Waals surface area contributed by atoms with Crippen molar-refractivity contribution in [2.24, 2.45) is 23.0 Å². The second kappa shape index (κ2) is 14.8. The minimum absolute atomic E-state index is 0.00547. The van der Waals surface area contributed by atoms with Gasteiger partial charge in [0.25, 0.3) is 0 Å². The molecule has 0 amide bonds. The van der Waals surface area contributed by atoms with Gasteiger partial charge in [0, 0.05) is 41.7 Å². The highest BCUT2D eigenvalue weighted by Gasteiger charge is 2.63. The van der Waals surface area contributed by atoms with Gasteiger partial charge in [-0.1, -0.05) is 45.0 Å². The lowest BCUT2D eigenvalue weighted by Gasteiger charge is -2.41. The van der Waals surface area contributed by atoms with E-state index in [0.29, 0.717) is 25.2 Å². The largest absolute Gasteiger partial charge is 0.454 e. The van der Waals surface area contributed by atoms with Crippen LogP contribution in [0.1, 0.15) is 72.4 Å². The van der Waals surface area contributed by atoms with E-state index in [0.717, 1.165) is 42.4 Å². The summed E-state index contributed by atoms with van der Waals surface area (Å²) in [6, 6.07) is 14.7. The first-order valence-corrected chi connectivity index (χ1v) is 17.3. The Bertz CT molecular complexity index is 1430. The summed E-state index contributed by atoms with van der Waals surface area (Å²) < 4.78 is 29.7. The minimum atomic E-state index is -0.419. The van der Waals surface area contributed by atoms with Crippen LogP contribution >= 0.6 is 11.3 Å². The van der Waals surface area contributed by atoms with Gasteiger partial charge in [-0.2, -0.15) is 0 Å². The molecule has 3 heterocycles. The van der Waals surface area contributed by atoms with Crippen LogP contribution < -0.4 is 15.2 Å². The van der Waals surface area contributed by atoms with E-state index in [2.05, 4.69) is 56.5 Å². The van der Waals surface area contributed by atoms with Crippen molar-refractivity contribution in [2.75, 3.05) is 20.5 Å². The third kappa shape index (κ3) is 7.00. The number of hydrogen-bond donors (Lipinski definition) is 1. The number of benzene rings is 2. The van der Waals surface area contributed by atoms with E-state index in [-0.39, 0.29) is 42.3 Å². The van der Waals surface area contributed by atoms with Gasteiger partial charge in [0.15, 0.2) is 17.8 Å². The van der Waals surface area contributed by atoms with Gasteiger partial charge in [-0.15, -0.1) is 11.3 Å². The van der Waals surface area contributed by atoms with Gasteiger partial charge < -0.3 is 34.2 Å². The topological polar surface area (TPSA) is 89.2 Å². The molecule has 244 valence electrons. The van der Waals surface area contributed by atoms with E-state index in [1.165, 1.54) is 21.6 Å². The van der Waals surface area contributed by atoms with Gasteiger partial charge in [-0.05, 0) is 90.9 Å². The summed E-state index contributed by atoms with van der Waals surface area (Å²) in [5.74, 6) is 1.10. The van der Waals surface area contributed by atoms with Crippen molar-refractivity contribution >= 4 is 17.6 Å². The van der Waals surface area contributed by atoms with Crippen LogP contribution in [0.3, 0.4) is 0 Å². The maximum atomic E-state index is 12.0. The maximum Gasteiger partial charge on any atom is 0.231 e. The predicted octanol–water partition coefficient (Wildman–Crippen LogP) is 7.14. The number of ether oxygens (including phenoxy) is 5. The lowest BCUT2D eigenvalue weighted by Crippen LogP contribution is -2.46. The van der Waals surface area contributed by atoms with Crippen molar-refractivity contribution in [3.63, 3.8) is 0 Å². The van der Waals surface area contributed by atoms with Crippen molar-refractivity contribution < 1.29 is 28.5 Å². The Morgan fingerprint density at radius 3 is 2.53 bits per heavy atom. The second-order valence-electron chi connectivity index (χ2n) is 12.4. The van der Waals surface area contributed by atoms with Crippen LogP contribution in [0.15, 0.2) is 47.8 Å². The summed E-state index contributed by atoms with van der Waals surface area (Å²) in [6.45, 7) is 11.2. The summed E-state index contributed by atoms with van der Waals surface area (Å²) >= 11 is 1.77. The molecule has 8 heteroatoms. The smallest absolute Gasteiger partial charge is 0.231 e. The molecule has 0 spiro atoms. The molecule has 2 aromatic carbocycles. The molecule has 4 aliphatic rings.